The lowest BCUT2D eigenvalue weighted by molar-refractivity contribution is -0.384. The van der Waals surface area contributed by atoms with Crippen LogP contribution < -0.4 is 15.4 Å². The predicted octanol–water partition coefficient (Wildman–Crippen LogP) is 5.00. The molecule has 1 aliphatic rings. The van der Waals surface area contributed by atoms with Crippen LogP contribution in [0.2, 0.25) is 0 Å². The van der Waals surface area contributed by atoms with E-state index in [0.29, 0.717) is 44.1 Å². The number of nitro benzene ring substituents is 1. The van der Waals surface area contributed by atoms with Crippen LogP contribution in [0.25, 0.3) is 21.3 Å². The zero-order chi connectivity index (χ0) is 23.8. The van der Waals surface area contributed by atoms with Gasteiger partial charge in [0.25, 0.3) is 11.6 Å². The van der Waals surface area contributed by atoms with Crippen molar-refractivity contribution in [2.75, 3.05) is 11.9 Å². The van der Waals surface area contributed by atoms with E-state index in [-0.39, 0.29) is 17.5 Å². The topological polar surface area (TPSA) is 130 Å². The maximum atomic E-state index is 13.1. The summed E-state index contributed by atoms with van der Waals surface area (Å²) in [6.45, 7) is 2.16. The first-order valence-electron chi connectivity index (χ1n) is 10.4. The Kier molecular flexibility index (Phi) is 5.31. The van der Waals surface area contributed by atoms with Crippen molar-refractivity contribution >= 4 is 38.8 Å². The number of aromatic nitrogens is 1. The Morgan fingerprint density at radius 1 is 1.18 bits per heavy atom. The van der Waals surface area contributed by atoms with Gasteiger partial charge in [-0.25, -0.2) is 4.98 Å². The minimum Gasteiger partial charge on any atom is -0.477 e. The molecule has 2 aromatic heterocycles. The van der Waals surface area contributed by atoms with Gasteiger partial charge in [0, 0.05) is 23.1 Å². The molecule has 0 saturated carbocycles. The van der Waals surface area contributed by atoms with Crippen molar-refractivity contribution in [3.8, 4) is 23.1 Å². The normalized spacial score (nSPS) is 14.6. The summed E-state index contributed by atoms with van der Waals surface area (Å²) in [6, 6.07) is 17.6. The lowest BCUT2D eigenvalue weighted by Gasteiger charge is -2.26. The van der Waals surface area contributed by atoms with Crippen molar-refractivity contribution in [3.05, 3.63) is 80.7 Å². The van der Waals surface area contributed by atoms with E-state index in [9.17, 15) is 20.2 Å². The van der Waals surface area contributed by atoms with Gasteiger partial charge in [-0.1, -0.05) is 30.3 Å². The monoisotopic (exact) mass is 471 g/mol. The molecule has 2 aromatic carbocycles. The fourth-order valence-corrected chi connectivity index (χ4v) is 5.02. The van der Waals surface area contributed by atoms with E-state index in [0.717, 1.165) is 5.56 Å². The molecule has 0 aliphatic carbocycles. The van der Waals surface area contributed by atoms with Crippen LogP contribution in [-0.4, -0.2) is 22.4 Å². The third-order valence-electron chi connectivity index (χ3n) is 5.47. The summed E-state index contributed by atoms with van der Waals surface area (Å²) in [5.74, 6) is -0.0714. The number of carbonyl (C=O) groups is 1. The van der Waals surface area contributed by atoms with Gasteiger partial charge < -0.3 is 15.4 Å². The average molecular weight is 471 g/mol. The molecule has 1 atom stereocenters. The number of rotatable bonds is 5. The van der Waals surface area contributed by atoms with Crippen LogP contribution in [0, 0.1) is 21.4 Å². The van der Waals surface area contributed by atoms with Gasteiger partial charge in [-0.05, 0) is 30.2 Å². The molecule has 4 aromatic rings. The highest BCUT2D eigenvalue weighted by Gasteiger charge is 2.32. The van der Waals surface area contributed by atoms with Crippen LogP contribution in [0.5, 0.6) is 5.88 Å². The molecule has 9 nitrogen and oxygen atoms in total. The molecule has 3 heterocycles. The number of thiophene rings is 1. The highest BCUT2D eigenvalue weighted by molar-refractivity contribution is 7.21. The number of benzene rings is 2. The Morgan fingerprint density at radius 3 is 2.56 bits per heavy atom. The Balaban J connectivity index is 1.72. The van der Waals surface area contributed by atoms with Crippen LogP contribution in [0.3, 0.4) is 0 Å². The molecule has 0 radical (unpaired) electrons. The number of amides is 1. The van der Waals surface area contributed by atoms with Crippen molar-refractivity contribution in [1.82, 2.24) is 10.3 Å². The summed E-state index contributed by atoms with van der Waals surface area (Å²) < 4.78 is 5.68. The Morgan fingerprint density at radius 2 is 1.91 bits per heavy atom. The number of nitrogens with one attached hydrogen (secondary N) is 2. The van der Waals surface area contributed by atoms with E-state index in [1.807, 2.05) is 37.3 Å². The van der Waals surface area contributed by atoms with Crippen LogP contribution in [0.1, 0.15) is 33.9 Å². The molecule has 10 heteroatoms. The third kappa shape index (κ3) is 3.48. The van der Waals surface area contributed by atoms with Crippen molar-refractivity contribution in [3.63, 3.8) is 0 Å². The van der Waals surface area contributed by atoms with Crippen LogP contribution in [0.15, 0.2) is 54.6 Å². The van der Waals surface area contributed by atoms with Gasteiger partial charge in [-0.2, -0.15) is 5.26 Å². The standard InChI is InChI=1S/C24H17N5O4S/c1-2-33-23-16(12-25)17(13-6-4-3-5-7-13)18-19-20(34-24(18)28-23)22(30)27-21(26-19)14-8-10-15(11-9-14)29(31)32/h3-11,21,26H,2H2,1H3,(H,27,30). The van der Waals surface area contributed by atoms with Gasteiger partial charge in [-0.15, -0.1) is 11.3 Å². The Hall–Kier alpha value is -4.49. The second kappa shape index (κ2) is 8.46. The molecule has 0 fully saturated rings. The second-order valence-electron chi connectivity index (χ2n) is 7.46. The Bertz CT molecular complexity index is 1480. The molecule has 2 N–H and O–H groups in total. The van der Waals surface area contributed by atoms with Crippen LogP contribution in [0.4, 0.5) is 11.4 Å². The fourth-order valence-electron chi connectivity index (χ4n) is 3.98. The fraction of sp³-hybridized carbons (Fsp3) is 0.125. The van der Waals surface area contributed by atoms with Crippen LogP contribution >= 0.6 is 11.3 Å². The summed E-state index contributed by atoms with van der Waals surface area (Å²) in [5, 5.41) is 27.9. The van der Waals surface area contributed by atoms with Gasteiger partial charge in [0.05, 0.1) is 17.2 Å². The number of ether oxygens (including phenoxy) is 1. The molecule has 0 bridgehead atoms. The van der Waals surface area contributed by atoms with Crippen molar-refractivity contribution in [1.29, 1.82) is 5.26 Å². The quantitative estimate of drug-likeness (QED) is 0.309. The van der Waals surface area contributed by atoms with Gasteiger partial charge in [0.1, 0.15) is 27.5 Å². The molecule has 1 aliphatic heterocycles. The number of carbonyl (C=O) groups excluding carboxylic acids is 1. The van der Waals surface area contributed by atoms with E-state index in [2.05, 4.69) is 21.7 Å². The first-order valence-corrected chi connectivity index (χ1v) is 11.2. The average Bonchev–Trinajstić information content (AvgIpc) is 3.22. The Labute approximate surface area is 197 Å². The van der Waals surface area contributed by atoms with Gasteiger partial charge in [0.15, 0.2) is 0 Å². The summed E-state index contributed by atoms with van der Waals surface area (Å²) in [5.41, 5.74) is 2.92. The number of nitro groups is 1. The number of non-ortho nitro benzene ring substituents is 1. The molecule has 0 spiro atoms. The highest BCUT2D eigenvalue weighted by atomic mass is 32.1. The largest absolute Gasteiger partial charge is 0.477 e. The molecule has 168 valence electrons. The molecule has 1 unspecified atom stereocenters. The van der Waals surface area contributed by atoms with Crippen molar-refractivity contribution < 1.29 is 14.5 Å². The highest BCUT2D eigenvalue weighted by Crippen LogP contribution is 2.47. The van der Waals surface area contributed by atoms with E-state index >= 15 is 0 Å². The number of anilines is 1. The third-order valence-corrected chi connectivity index (χ3v) is 6.55. The molecule has 1 amide bonds. The molecular weight excluding hydrogens is 454 g/mol. The van der Waals surface area contributed by atoms with E-state index < -0.39 is 11.1 Å². The number of fused-ring (bicyclic) bond motifs is 3. The summed E-state index contributed by atoms with van der Waals surface area (Å²) in [4.78, 5) is 29.2. The smallest absolute Gasteiger partial charge is 0.269 e. The SMILES string of the molecule is CCOc1nc2sc3c(c2c(-c2ccccc2)c1C#N)NC(c1ccc([N+](=O)[O-])cc1)NC3=O. The summed E-state index contributed by atoms with van der Waals surface area (Å²) in [7, 11) is 0. The molecule has 34 heavy (non-hydrogen) atoms. The van der Waals surface area contributed by atoms with E-state index in [1.165, 1.54) is 23.5 Å². The minimum absolute atomic E-state index is 0.0368. The minimum atomic E-state index is -0.612. The van der Waals surface area contributed by atoms with E-state index in [4.69, 9.17) is 4.74 Å². The van der Waals surface area contributed by atoms with Crippen LogP contribution in [-0.2, 0) is 0 Å². The number of nitriles is 1. The lowest BCUT2D eigenvalue weighted by atomic mass is 9.96. The zero-order valence-corrected chi connectivity index (χ0v) is 18.7. The summed E-state index contributed by atoms with van der Waals surface area (Å²) in [6.07, 6.45) is -0.612. The van der Waals surface area contributed by atoms with Gasteiger partial charge >= 0.3 is 0 Å². The molecular formula is C24H17N5O4S. The number of hydrogen-bond acceptors (Lipinski definition) is 8. The maximum Gasteiger partial charge on any atom is 0.269 e. The number of pyridine rings is 1. The van der Waals surface area contributed by atoms with Gasteiger partial charge in [0.2, 0.25) is 5.88 Å². The lowest BCUT2D eigenvalue weighted by Crippen LogP contribution is -2.37. The van der Waals surface area contributed by atoms with Crippen molar-refractivity contribution in [2.45, 2.75) is 13.1 Å². The zero-order valence-electron chi connectivity index (χ0n) is 17.9. The first kappa shape index (κ1) is 21.4. The van der Waals surface area contributed by atoms with Crippen molar-refractivity contribution in [2.24, 2.45) is 0 Å². The molecule has 5 rings (SSSR count). The number of nitrogens with zero attached hydrogens (tertiary/aromatic N) is 3. The number of hydrogen-bond donors (Lipinski definition) is 2. The van der Waals surface area contributed by atoms with E-state index in [1.54, 1.807) is 12.1 Å². The summed E-state index contributed by atoms with van der Waals surface area (Å²) >= 11 is 1.22. The predicted molar refractivity (Wildman–Crippen MR) is 128 cm³/mol. The first-order chi connectivity index (χ1) is 16.5. The van der Waals surface area contributed by atoms with Gasteiger partial charge in [-0.3, -0.25) is 14.9 Å². The maximum absolute atomic E-state index is 13.1. The molecule has 0 saturated heterocycles. The second-order valence-corrected chi connectivity index (χ2v) is 8.46.